The molecule has 0 aliphatic rings. The van der Waals surface area contributed by atoms with Gasteiger partial charge in [-0.05, 0) is 38.5 Å². The van der Waals surface area contributed by atoms with E-state index in [1.54, 1.807) is 0 Å². The Balaban J connectivity index is 4.00. The fourth-order valence-corrected chi connectivity index (χ4v) is 5.81. The summed E-state index contributed by atoms with van der Waals surface area (Å²) in [6.07, 6.45) is 34.7. The van der Waals surface area contributed by atoms with Crippen molar-refractivity contribution in [2.24, 2.45) is 0 Å². The molecule has 0 unspecified atom stereocenters. The van der Waals surface area contributed by atoms with Gasteiger partial charge in [-0.2, -0.15) is 0 Å². The number of rotatable bonds is 33. The number of amides is 1. The minimum absolute atomic E-state index is 0.203. The third-order valence-electron chi connectivity index (χ3n) is 8.25. The second-order valence-corrected chi connectivity index (χ2v) is 13.8. The summed E-state index contributed by atoms with van der Waals surface area (Å²) in [5.41, 5.74) is 0. The molecule has 0 radical (unpaired) electrons. The van der Waals surface area contributed by atoms with Crippen LogP contribution in [0.3, 0.4) is 0 Å². The van der Waals surface area contributed by atoms with E-state index in [4.69, 9.17) is 9.79 Å². The van der Waals surface area contributed by atoms with E-state index in [-0.39, 0.29) is 5.91 Å². The lowest BCUT2D eigenvalue weighted by Gasteiger charge is -2.24. The summed E-state index contributed by atoms with van der Waals surface area (Å²) in [6, 6.07) is -0.823. The average molecular weight is 632 g/mol. The number of carbonyl (C=O) groups excluding carboxylic acids is 1. The van der Waals surface area contributed by atoms with Crippen LogP contribution in [0.5, 0.6) is 0 Å². The maximum Gasteiger partial charge on any atom is 0.469 e. The van der Waals surface area contributed by atoms with E-state index in [1.165, 1.54) is 109 Å². The van der Waals surface area contributed by atoms with Crippen molar-refractivity contribution in [3.05, 3.63) is 12.2 Å². The van der Waals surface area contributed by atoms with Gasteiger partial charge in [0.15, 0.2) is 0 Å². The van der Waals surface area contributed by atoms with Crippen LogP contribution in [0.2, 0.25) is 0 Å². The number of aliphatic hydroxyl groups is 1. The molecule has 256 valence electrons. The maximum absolute atomic E-state index is 12.5. The molecule has 1 amide bonds. The zero-order valence-corrected chi connectivity index (χ0v) is 29.0. The Labute approximate surface area is 265 Å². The summed E-state index contributed by atoms with van der Waals surface area (Å²) in [7, 11) is -4.68. The van der Waals surface area contributed by atoms with E-state index in [0.717, 1.165) is 51.4 Å². The van der Waals surface area contributed by atoms with Gasteiger partial charge in [0.2, 0.25) is 5.91 Å². The molecule has 0 aliphatic heterocycles. The van der Waals surface area contributed by atoms with E-state index < -0.39 is 26.6 Å². The maximum atomic E-state index is 12.5. The lowest BCUT2D eigenvalue weighted by Crippen LogP contribution is -2.46. The zero-order valence-electron chi connectivity index (χ0n) is 28.1. The van der Waals surface area contributed by atoms with E-state index >= 15 is 0 Å². The van der Waals surface area contributed by atoms with E-state index in [2.05, 4.69) is 35.8 Å². The normalized spacial score (nSPS) is 13.5. The summed E-state index contributed by atoms with van der Waals surface area (Å²) in [6.45, 7) is 4.09. The molecule has 0 saturated carbocycles. The van der Waals surface area contributed by atoms with Gasteiger partial charge in [-0.3, -0.25) is 9.32 Å². The van der Waals surface area contributed by atoms with Crippen molar-refractivity contribution in [3.63, 3.8) is 0 Å². The quantitative estimate of drug-likeness (QED) is 0.0325. The van der Waals surface area contributed by atoms with Crippen LogP contribution in [0.1, 0.15) is 187 Å². The molecule has 0 spiro atoms. The summed E-state index contributed by atoms with van der Waals surface area (Å²) in [5, 5.41) is 13.4. The molecule has 0 rings (SSSR count). The highest BCUT2D eigenvalue weighted by molar-refractivity contribution is 7.46. The van der Waals surface area contributed by atoms with Crippen LogP contribution in [0, 0.1) is 0 Å². The molecule has 0 fully saturated rings. The van der Waals surface area contributed by atoms with Crippen LogP contribution < -0.4 is 5.32 Å². The van der Waals surface area contributed by atoms with Crippen LogP contribution in [0.15, 0.2) is 12.2 Å². The fraction of sp³-hybridized carbons (Fsp3) is 0.914. The van der Waals surface area contributed by atoms with E-state index in [9.17, 15) is 14.5 Å². The van der Waals surface area contributed by atoms with Gasteiger partial charge < -0.3 is 20.2 Å². The number of phosphoric acid groups is 1. The fourth-order valence-electron chi connectivity index (χ4n) is 5.46. The Hall–Kier alpha value is -0.720. The molecule has 0 bridgehead atoms. The Morgan fingerprint density at radius 2 is 1.05 bits per heavy atom. The predicted octanol–water partition coefficient (Wildman–Crippen LogP) is 10.1. The molecule has 2 atom stereocenters. The second kappa shape index (κ2) is 31.3. The molecule has 8 heteroatoms. The first-order valence-corrected chi connectivity index (χ1v) is 19.7. The third-order valence-corrected chi connectivity index (χ3v) is 8.74. The molecule has 0 aromatic heterocycles. The van der Waals surface area contributed by atoms with Gasteiger partial charge in [0.05, 0.1) is 18.8 Å². The molecule has 0 aliphatic carbocycles. The standard InChI is InChI=1S/C35H70NO6P/c1-3-5-7-9-11-13-15-17-18-19-21-23-25-27-29-31-35(38)36-33(32-42-43(39,40)41)34(37)30-28-26-24-22-20-16-14-12-10-8-6-4-2/h17-18,33-34,37H,3-16,19-32H2,1-2H3,(H,36,38)(H2,39,40,41)/b18-17+/t33-,34+/m0/s1. The predicted molar refractivity (Wildman–Crippen MR) is 181 cm³/mol. The van der Waals surface area contributed by atoms with Gasteiger partial charge in [-0.25, -0.2) is 4.57 Å². The van der Waals surface area contributed by atoms with Crippen LogP contribution >= 0.6 is 7.82 Å². The van der Waals surface area contributed by atoms with E-state index in [1.807, 2.05) is 0 Å². The first kappa shape index (κ1) is 42.3. The summed E-state index contributed by atoms with van der Waals surface area (Å²) >= 11 is 0. The number of nitrogens with one attached hydrogen (secondary N) is 1. The van der Waals surface area contributed by atoms with Crippen molar-refractivity contribution in [1.82, 2.24) is 5.32 Å². The lowest BCUT2D eigenvalue weighted by molar-refractivity contribution is -0.123. The third kappa shape index (κ3) is 32.5. The Kier molecular flexibility index (Phi) is 30.7. The summed E-state index contributed by atoms with van der Waals surface area (Å²) in [5.74, 6) is -0.203. The van der Waals surface area contributed by atoms with Crippen molar-refractivity contribution in [2.75, 3.05) is 6.61 Å². The topological polar surface area (TPSA) is 116 Å². The molecule has 43 heavy (non-hydrogen) atoms. The SMILES string of the molecule is CCCCCCCC/C=C/CCCCCCCC(=O)N[C@@H](COP(=O)(O)O)[C@H](O)CCCCCCCCCCCCCC. The van der Waals surface area contributed by atoms with Crippen LogP contribution in [-0.4, -0.2) is 39.6 Å². The largest absolute Gasteiger partial charge is 0.469 e. The minimum atomic E-state index is -4.68. The molecular formula is C35H70NO6P. The lowest BCUT2D eigenvalue weighted by atomic mass is 10.0. The first-order valence-electron chi connectivity index (χ1n) is 18.1. The number of hydrogen-bond acceptors (Lipinski definition) is 4. The van der Waals surface area contributed by atoms with Crippen LogP contribution in [0.25, 0.3) is 0 Å². The summed E-state index contributed by atoms with van der Waals surface area (Å²) < 4.78 is 15.9. The number of hydrogen-bond donors (Lipinski definition) is 4. The molecule has 7 nitrogen and oxygen atoms in total. The Bertz CT molecular complexity index is 683. The Morgan fingerprint density at radius 1 is 0.651 bits per heavy atom. The molecular weight excluding hydrogens is 561 g/mol. The molecule has 0 saturated heterocycles. The van der Waals surface area contributed by atoms with Crippen molar-refractivity contribution in [2.45, 2.75) is 199 Å². The first-order chi connectivity index (χ1) is 20.8. The van der Waals surface area contributed by atoms with Crippen molar-refractivity contribution in [3.8, 4) is 0 Å². The van der Waals surface area contributed by atoms with E-state index in [0.29, 0.717) is 12.8 Å². The molecule has 4 N–H and O–H groups in total. The summed E-state index contributed by atoms with van der Waals surface area (Å²) in [4.78, 5) is 30.7. The number of phosphoric ester groups is 1. The highest BCUT2D eigenvalue weighted by Gasteiger charge is 2.25. The Morgan fingerprint density at radius 3 is 1.49 bits per heavy atom. The van der Waals surface area contributed by atoms with Crippen LogP contribution in [-0.2, 0) is 13.9 Å². The number of unbranched alkanes of at least 4 members (excludes halogenated alkanes) is 22. The molecule has 0 heterocycles. The molecule has 0 aromatic rings. The minimum Gasteiger partial charge on any atom is -0.391 e. The highest BCUT2D eigenvalue weighted by atomic mass is 31.2. The molecule has 0 aromatic carbocycles. The smallest absolute Gasteiger partial charge is 0.391 e. The number of allylic oxidation sites excluding steroid dienone is 2. The van der Waals surface area contributed by atoms with Gasteiger partial charge >= 0.3 is 7.82 Å². The number of carbonyl (C=O) groups is 1. The van der Waals surface area contributed by atoms with Gasteiger partial charge in [0.25, 0.3) is 0 Å². The van der Waals surface area contributed by atoms with Crippen LogP contribution in [0.4, 0.5) is 0 Å². The zero-order chi connectivity index (χ0) is 31.9. The highest BCUT2D eigenvalue weighted by Crippen LogP contribution is 2.36. The van der Waals surface area contributed by atoms with Crippen molar-refractivity contribution >= 4 is 13.7 Å². The van der Waals surface area contributed by atoms with Gasteiger partial charge in [-0.1, -0.05) is 154 Å². The second-order valence-electron chi connectivity index (χ2n) is 12.5. The van der Waals surface area contributed by atoms with Crippen molar-refractivity contribution < 1.29 is 28.8 Å². The van der Waals surface area contributed by atoms with Gasteiger partial charge in [-0.15, -0.1) is 0 Å². The number of aliphatic hydroxyl groups excluding tert-OH is 1. The van der Waals surface area contributed by atoms with Gasteiger partial charge in [0.1, 0.15) is 0 Å². The van der Waals surface area contributed by atoms with Gasteiger partial charge in [0, 0.05) is 6.42 Å². The average Bonchev–Trinajstić information content (AvgIpc) is 2.97. The monoisotopic (exact) mass is 631 g/mol. The van der Waals surface area contributed by atoms with Crippen molar-refractivity contribution in [1.29, 1.82) is 0 Å².